The second-order valence-corrected chi connectivity index (χ2v) is 2.77. The minimum Gasteiger partial charge on any atom is -0.388 e. The van der Waals surface area contributed by atoms with Gasteiger partial charge in [0, 0.05) is 4.91 Å². The zero-order chi connectivity index (χ0) is 9.14. The molecule has 0 aromatic rings. The number of azide groups is 1. The molecule has 12 heavy (non-hydrogen) atoms. The monoisotopic (exact) mass is 173 g/mol. The lowest BCUT2D eigenvalue weighted by molar-refractivity contribution is 0.0224. The van der Waals surface area contributed by atoms with Crippen LogP contribution in [0.2, 0.25) is 0 Å². The summed E-state index contributed by atoms with van der Waals surface area (Å²) >= 11 is 0. The van der Waals surface area contributed by atoms with Crippen LogP contribution in [0.5, 0.6) is 0 Å². The van der Waals surface area contributed by atoms with E-state index >= 15 is 0 Å². The Labute approximate surface area is 69.4 Å². The van der Waals surface area contributed by atoms with E-state index in [1.165, 1.54) is 0 Å². The van der Waals surface area contributed by atoms with Crippen molar-refractivity contribution in [2.45, 2.75) is 31.3 Å². The third-order valence-electron chi connectivity index (χ3n) is 1.93. The first kappa shape index (κ1) is 9.28. The van der Waals surface area contributed by atoms with E-state index in [9.17, 15) is 10.2 Å². The molecule has 6 heteroatoms. The maximum Gasteiger partial charge on any atom is 0.109 e. The van der Waals surface area contributed by atoms with Crippen LogP contribution in [0.25, 0.3) is 10.4 Å². The Balaban J connectivity index is 2.52. The molecule has 0 saturated carbocycles. The average molecular weight is 173 g/mol. The fourth-order valence-electron chi connectivity index (χ4n) is 1.20. The van der Waals surface area contributed by atoms with Crippen LogP contribution in [0.4, 0.5) is 0 Å². The molecule has 0 aromatic heterocycles. The van der Waals surface area contributed by atoms with Crippen LogP contribution in [0.3, 0.4) is 0 Å². The number of hydrogen-bond donors (Lipinski definition) is 2. The summed E-state index contributed by atoms with van der Waals surface area (Å²) in [5, 5.41) is 21.8. The number of ether oxygens (including phenoxy) is 1. The molecule has 0 radical (unpaired) electrons. The van der Waals surface area contributed by atoms with Crippen molar-refractivity contribution >= 4 is 0 Å². The fraction of sp³-hybridized carbons (Fsp3) is 1.00. The van der Waals surface area contributed by atoms with Gasteiger partial charge < -0.3 is 14.9 Å². The maximum absolute atomic E-state index is 9.30. The van der Waals surface area contributed by atoms with Crippen molar-refractivity contribution in [1.29, 1.82) is 0 Å². The number of rotatable bonds is 2. The Kier molecular flexibility index (Phi) is 2.88. The van der Waals surface area contributed by atoms with Crippen molar-refractivity contribution in [3.8, 4) is 0 Å². The summed E-state index contributed by atoms with van der Waals surface area (Å²) in [6.07, 6.45) is -2.82. The molecule has 0 aliphatic carbocycles. The molecule has 6 nitrogen and oxygen atoms in total. The lowest BCUT2D eigenvalue weighted by Crippen LogP contribution is -2.32. The van der Waals surface area contributed by atoms with Crippen molar-refractivity contribution in [2.75, 3.05) is 6.54 Å². The Bertz CT molecular complexity index is 204. The molecular formula is C6H11N3O3. The largest absolute Gasteiger partial charge is 0.388 e. The highest BCUT2D eigenvalue weighted by Gasteiger charge is 2.39. The van der Waals surface area contributed by atoms with Crippen molar-refractivity contribution in [2.24, 2.45) is 5.11 Å². The summed E-state index contributed by atoms with van der Waals surface area (Å²) in [6, 6.07) is 0. The Morgan fingerprint density at radius 1 is 1.50 bits per heavy atom. The van der Waals surface area contributed by atoms with Gasteiger partial charge in [0.15, 0.2) is 0 Å². The zero-order valence-corrected chi connectivity index (χ0v) is 6.66. The van der Waals surface area contributed by atoms with Crippen LogP contribution < -0.4 is 0 Å². The third kappa shape index (κ3) is 1.67. The van der Waals surface area contributed by atoms with Gasteiger partial charge in [-0.05, 0) is 12.5 Å². The van der Waals surface area contributed by atoms with Crippen molar-refractivity contribution in [3.63, 3.8) is 0 Å². The second kappa shape index (κ2) is 3.73. The number of hydrogen-bond acceptors (Lipinski definition) is 4. The molecule has 1 unspecified atom stereocenters. The van der Waals surface area contributed by atoms with Crippen LogP contribution in [-0.4, -0.2) is 41.2 Å². The van der Waals surface area contributed by atoms with Crippen LogP contribution >= 0.6 is 0 Å². The first-order valence-corrected chi connectivity index (χ1v) is 3.69. The van der Waals surface area contributed by atoms with E-state index in [1.54, 1.807) is 6.92 Å². The zero-order valence-electron chi connectivity index (χ0n) is 6.66. The van der Waals surface area contributed by atoms with Crippen LogP contribution in [0.1, 0.15) is 6.92 Å². The number of nitrogens with zero attached hydrogens (tertiary/aromatic N) is 3. The van der Waals surface area contributed by atoms with Gasteiger partial charge in [-0.25, -0.2) is 0 Å². The predicted molar refractivity (Wildman–Crippen MR) is 40.4 cm³/mol. The van der Waals surface area contributed by atoms with E-state index in [0.717, 1.165) is 0 Å². The van der Waals surface area contributed by atoms with Crippen LogP contribution in [0, 0.1) is 0 Å². The van der Waals surface area contributed by atoms with Gasteiger partial charge in [-0.15, -0.1) is 0 Å². The van der Waals surface area contributed by atoms with E-state index in [4.69, 9.17) is 10.3 Å². The van der Waals surface area contributed by atoms with E-state index in [-0.39, 0.29) is 6.54 Å². The van der Waals surface area contributed by atoms with Crippen LogP contribution in [-0.2, 0) is 4.74 Å². The molecule has 1 aliphatic rings. The minimum absolute atomic E-state index is 0.0546. The molecule has 0 spiro atoms. The van der Waals surface area contributed by atoms with Gasteiger partial charge in [0.1, 0.15) is 12.2 Å². The van der Waals surface area contributed by atoms with Gasteiger partial charge in [-0.1, -0.05) is 5.11 Å². The topological polar surface area (TPSA) is 98.5 Å². The van der Waals surface area contributed by atoms with Gasteiger partial charge in [0.25, 0.3) is 0 Å². The van der Waals surface area contributed by atoms with E-state index in [2.05, 4.69) is 10.0 Å². The predicted octanol–water partition coefficient (Wildman–Crippen LogP) is -0.194. The minimum atomic E-state index is -0.953. The summed E-state index contributed by atoms with van der Waals surface area (Å²) in [5.74, 6) is 0. The molecule has 0 amide bonds. The molecule has 0 aromatic carbocycles. The quantitative estimate of drug-likeness (QED) is 0.344. The molecule has 2 N–H and O–H groups in total. The van der Waals surface area contributed by atoms with Gasteiger partial charge in [0.05, 0.1) is 18.8 Å². The molecule has 1 aliphatic heterocycles. The van der Waals surface area contributed by atoms with Crippen molar-refractivity contribution < 1.29 is 14.9 Å². The van der Waals surface area contributed by atoms with Gasteiger partial charge in [-0.2, -0.15) is 0 Å². The maximum atomic E-state index is 9.30. The van der Waals surface area contributed by atoms with Gasteiger partial charge >= 0.3 is 0 Å². The Morgan fingerprint density at radius 2 is 2.17 bits per heavy atom. The van der Waals surface area contributed by atoms with E-state index < -0.39 is 24.4 Å². The van der Waals surface area contributed by atoms with E-state index in [0.29, 0.717) is 0 Å². The van der Waals surface area contributed by atoms with Crippen molar-refractivity contribution in [1.82, 2.24) is 0 Å². The molecule has 1 fully saturated rings. The molecule has 1 saturated heterocycles. The highest BCUT2D eigenvalue weighted by molar-refractivity contribution is 4.89. The number of aliphatic hydroxyl groups excluding tert-OH is 2. The molecule has 0 bridgehead atoms. The molecule has 1 heterocycles. The Morgan fingerprint density at radius 3 is 2.58 bits per heavy atom. The highest BCUT2D eigenvalue weighted by Crippen LogP contribution is 2.20. The molecular weight excluding hydrogens is 162 g/mol. The lowest BCUT2D eigenvalue weighted by Gasteiger charge is -2.10. The first-order valence-electron chi connectivity index (χ1n) is 3.69. The van der Waals surface area contributed by atoms with Crippen LogP contribution in [0.15, 0.2) is 5.11 Å². The summed E-state index contributed by atoms with van der Waals surface area (Å²) in [5.41, 5.74) is 8.00. The van der Waals surface area contributed by atoms with E-state index in [1.807, 2.05) is 0 Å². The Hall–Kier alpha value is -0.810. The third-order valence-corrected chi connectivity index (χ3v) is 1.93. The number of aliphatic hydroxyl groups is 2. The van der Waals surface area contributed by atoms with Gasteiger partial charge in [0.2, 0.25) is 0 Å². The summed E-state index contributed by atoms with van der Waals surface area (Å²) < 4.78 is 5.12. The standard InChI is InChI=1S/C6H11N3O3/c1-3-5(10)6(11)4(12-3)2-8-9-7/h3-6,10-11H,2H2,1H3/t3?,4-,5-,6+/m0/s1. The smallest absolute Gasteiger partial charge is 0.109 e. The normalized spacial score (nSPS) is 40.9. The summed E-state index contributed by atoms with van der Waals surface area (Å²) in [4.78, 5) is 2.54. The summed E-state index contributed by atoms with van der Waals surface area (Å²) in [6.45, 7) is 1.71. The van der Waals surface area contributed by atoms with Crippen molar-refractivity contribution in [3.05, 3.63) is 10.4 Å². The van der Waals surface area contributed by atoms with Gasteiger partial charge in [-0.3, -0.25) is 0 Å². The average Bonchev–Trinajstić information content (AvgIpc) is 2.30. The fourth-order valence-corrected chi connectivity index (χ4v) is 1.20. The summed E-state index contributed by atoms with van der Waals surface area (Å²) in [7, 11) is 0. The molecule has 68 valence electrons. The SMILES string of the molecule is CC1O[C@@H](CN=[N+]=[N-])[C@@H](O)[C@H]1O. The highest BCUT2D eigenvalue weighted by atomic mass is 16.5. The molecule has 4 atom stereocenters. The first-order chi connectivity index (χ1) is 5.66. The molecule has 1 rings (SSSR count). The second-order valence-electron chi connectivity index (χ2n) is 2.77. The lowest BCUT2D eigenvalue weighted by atomic mass is 10.1.